The summed E-state index contributed by atoms with van der Waals surface area (Å²) in [5, 5.41) is 10.5. The van der Waals surface area contributed by atoms with Gasteiger partial charge in [-0.1, -0.05) is 23.2 Å². The van der Waals surface area contributed by atoms with E-state index in [9.17, 15) is 5.11 Å². The Morgan fingerprint density at radius 3 is 2.12 bits per heavy atom. The summed E-state index contributed by atoms with van der Waals surface area (Å²) < 4.78 is 2.03. The smallest absolute Gasteiger partial charge is 0.0699 e. The molecule has 0 amide bonds. The minimum Gasteiger partial charge on any atom is -0.392 e. The number of hydrogen-bond acceptors (Lipinski definition) is 1. The molecule has 2 nitrogen and oxygen atoms in total. The van der Waals surface area contributed by atoms with Gasteiger partial charge in [-0.25, -0.2) is 0 Å². The lowest BCUT2D eigenvalue weighted by Crippen LogP contribution is -1.99. The molecule has 0 atom stereocenters. The largest absolute Gasteiger partial charge is 0.392 e. The van der Waals surface area contributed by atoms with E-state index in [0.29, 0.717) is 10.0 Å². The quantitative estimate of drug-likeness (QED) is 0.879. The first-order valence-corrected chi connectivity index (χ1v) is 6.03. The molecule has 0 unspecified atom stereocenters. The Balaban J connectivity index is 2.63. The lowest BCUT2D eigenvalue weighted by atomic mass is 10.2. The van der Waals surface area contributed by atoms with E-state index < -0.39 is 0 Å². The summed E-state index contributed by atoms with van der Waals surface area (Å²) in [6, 6.07) is 7.38. The summed E-state index contributed by atoms with van der Waals surface area (Å²) in [6.45, 7) is 3.99. The Bertz CT molecular complexity index is 541. The van der Waals surface area contributed by atoms with Crippen LogP contribution in [-0.2, 0) is 6.61 Å². The third-order valence-electron chi connectivity index (χ3n) is 2.81. The standard InChI is InChI=1S/C13H13Cl2NO/c1-8-3-10(7-17)9(2)16(8)13-5-11(14)4-12(15)6-13/h3-6,17H,7H2,1-2H3. The Morgan fingerprint density at radius 2 is 1.65 bits per heavy atom. The summed E-state index contributed by atoms with van der Waals surface area (Å²) in [6.07, 6.45) is 0. The molecule has 0 saturated heterocycles. The zero-order chi connectivity index (χ0) is 12.6. The van der Waals surface area contributed by atoms with Crippen LogP contribution >= 0.6 is 23.2 Å². The molecule has 17 heavy (non-hydrogen) atoms. The van der Waals surface area contributed by atoms with Crippen LogP contribution in [0, 0.1) is 13.8 Å². The van der Waals surface area contributed by atoms with Gasteiger partial charge in [-0.2, -0.15) is 0 Å². The average molecular weight is 270 g/mol. The molecule has 1 N–H and O–H groups in total. The SMILES string of the molecule is Cc1cc(CO)c(C)n1-c1cc(Cl)cc(Cl)c1. The first-order valence-electron chi connectivity index (χ1n) is 5.28. The van der Waals surface area contributed by atoms with E-state index in [1.54, 1.807) is 6.07 Å². The highest BCUT2D eigenvalue weighted by molar-refractivity contribution is 6.34. The van der Waals surface area contributed by atoms with Crippen LogP contribution < -0.4 is 0 Å². The van der Waals surface area contributed by atoms with Crippen LogP contribution in [-0.4, -0.2) is 9.67 Å². The maximum atomic E-state index is 9.25. The molecule has 0 aliphatic carbocycles. The molecule has 0 spiro atoms. The number of aliphatic hydroxyl groups excluding tert-OH is 1. The number of aromatic nitrogens is 1. The third-order valence-corrected chi connectivity index (χ3v) is 3.25. The number of nitrogens with zero attached hydrogens (tertiary/aromatic N) is 1. The van der Waals surface area contributed by atoms with Crippen LogP contribution in [0.4, 0.5) is 0 Å². The van der Waals surface area contributed by atoms with Crippen LogP contribution in [0.1, 0.15) is 17.0 Å². The van der Waals surface area contributed by atoms with Crippen molar-refractivity contribution in [2.75, 3.05) is 0 Å². The van der Waals surface area contributed by atoms with E-state index in [4.69, 9.17) is 23.2 Å². The van der Waals surface area contributed by atoms with Gasteiger partial charge in [0.15, 0.2) is 0 Å². The molecule has 0 bridgehead atoms. The van der Waals surface area contributed by atoms with Crippen molar-refractivity contribution in [1.82, 2.24) is 4.57 Å². The van der Waals surface area contributed by atoms with Crippen molar-refractivity contribution in [2.24, 2.45) is 0 Å². The predicted octanol–water partition coefficient (Wildman–Crippen LogP) is 3.89. The van der Waals surface area contributed by atoms with Crippen LogP contribution in [0.3, 0.4) is 0 Å². The van der Waals surface area contributed by atoms with Crippen LogP contribution in [0.25, 0.3) is 5.69 Å². The maximum absolute atomic E-state index is 9.25. The second-order valence-corrected chi connectivity index (χ2v) is 4.89. The van der Waals surface area contributed by atoms with E-state index >= 15 is 0 Å². The molecule has 1 heterocycles. The van der Waals surface area contributed by atoms with Gasteiger partial charge in [0, 0.05) is 27.1 Å². The predicted molar refractivity (Wildman–Crippen MR) is 71.2 cm³/mol. The van der Waals surface area contributed by atoms with Gasteiger partial charge in [-0.05, 0) is 43.7 Å². The molecule has 4 heteroatoms. The van der Waals surface area contributed by atoms with Crippen molar-refractivity contribution in [3.05, 3.63) is 51.3 Å². The molecule has 1 aromatic carbocycles. The van der Waals surface area contributed by atoms with Gasteiger partial charge < -0.3 is 9.67 Å². The first-order chi connectivity index (χ1) is 8.02. The van der Waals surface area contributed by atoms with Gasteiger partial charge >= 0.3 is 0 Å². The van der Waals surface area contributed by atoms with Crippen LogP contribution in [0.15, 0.2) is 24.3 Å². The Kier molecular flexibility index (Phi) is 3.48. The molecule has 0 saturated carbocycles. The van der Waals surface area contributed by atoms with E-state index in [1.165, 1.54) is 0 Å². The number of benzene rings is 1. The van der Waals surface area contributed by atoms with Crippen LogP contribution in [0.2, 0.25) is 10.0 Å². The Hall–Kier alpha value is -0.960. The second-order valence-electron chi connectivity index (χ2n) is 4.02. The molecular formula is C13H13Cl2NO. The summed E-state index contributed by atoms with van der Waals surface area (Å²) >= 11 is 12.0. The monoisotopic (exact) mass is 269 g/mol. The Labute approximate surface area is 110 Å². The van der Waals surface area contributed by atoms with E-state index in [0.717, 1.165) is 22.6 Å². The van der Waals surface area contributed by atoms with Crippen molar-refractivity contribution in [1.29, 1.82) is 0 Å². The minimum atomic E-state index is 0.0357. The highest BCUT2D eigenvalue weighted by atomic mass is 35.5. The zero-order valence-corrected chi connectivity index (χ0v) is 11.2. The number of hydrogen-bond donors (Lipinski definition) is 1. The first kappa shape index (κ1) is 12.5. The van der Waals surface area contributed by atoms with E-state index in [1.807, 2.05) is 36.6 Å². The highest BCUT2D eigenvalue weighted by Gasteiger charge is 2.10. The maximum Gasteiger partial charge on any atom is 0.0699 e. The van der Waals surface area contributed by atoms with E-state index in [-0.39, 0.29) is 6.61 Å². The number of aliphatic hydroxyl groups is 1. The summed E-state index contributed by atoms with van der Waals surface area (Å²) in [5.41, 5.74) is 3.88. The van der Waals surface area contributed by atoms with Crippen molar-refractivity contribution < 1.29 is 5.11 Å². The number of aryl methyl sites for hydroxylation is 1. The third kappa shape index (κ3) is 2.34. The van der Waals surface area contributed by atoms with Crippen molar-refractivity contribution >= 4 is 23.2 Å². The van der Waals surface area contributed by atoms with Gasteiger partial charge in [0.05, 0.1) is 6.61 Å². The van der Waals surface area contributed by atoms with E-state index in [2.05, 4.69) is 0 Å². The van der Waals surface area contributed by atoms with Gasteiger partial charge in [0.25, 0.3) is 0 Å². The van der Waals surface area contributed by atoms with Gasteiger partial charge in [-0.15, -0.1) is 0 Å². The number of halogens is 2. The topological polar surface area (TPSA) is 25.2 Å². The van der Waals surface area contributed by atoms with Gasteiger partial charge in [-0.3, -0.25) is 0 Å². The summed E-state index contributed by atoms with van der Waals surface area (Å²) in [4.78, 5) is 0. The molecular weight excluding hydrogens is 257 g/mol. The Morgan fingerprint density at radius 1 is 1.06 bits per heavy atom. The summed E-state index contributed by atoms with van der Waals surface area (Å²) in [7, 11) is 0. The molecule has 1 aromatic heterocycles. The number of rotatable bonds is 2. The highest BCUT2D eigenvalue weighted by Crippen LogP contribution is 2.26. The normalized spacial score (nSPS) is 10.9. The zero-order valence-electron chi connectivity index (χ0n) is 9.67. The van der Waals surface area contributed by atoms with Crippen LogP contribution in [0.5, 0.6) is 0 Å². The van der Waals surface area contributed by atoms with Gasteiger partial charge in [0.2, 0.25) is 0 Å². The lowest BCUT2D eigenvalue weighted by Gasteiger charge is -2.10. The molecule has 2 aromatic rings. The van der Waals surface area contributed by atoms with Gasteiger partial charge in [0.1, 0.15) is 0 Å². The average Bonchev–Trinajstić information content (AvgIpc) is 2.52. The van der Waals surface area contributed by atoms with Crippen molar-refractivity contribution in [3.63, 3.8) is 0 Å². The fourth-order valence-corrected chi connectivity index (χ4v) is 2.57. The molecule has 90 valence electrons. The van der Waals surface area contributed by atoms with Crippen molar-refractivity contribution in [3.8, 4) is 5.69 Å². The fraction of sp³-hybridized carbons (Fsp3) is 0.231. The molecule has 0 aliphatic rings. The fourth-order valence-electron chi connectivity index (χ4n) is 2.05. The minimum absolute atomic E-state index is 0.0357. The van der Waals surface area contributed by atoms with Crippen molar-refractivity contribution in [2.45, 2.75) is 20.5 Å². The molecule has 2 rings (SSSR count). The molecule has 0 radical (unpaired) electrons. The summed E-state index contributed by atoms with van der Waals surface area (Å²) in [5.74, 6) is 0. The molecule has 0 fully saturated rings. The second kappa shape index (κ2) is 4.73. The lowest BCUT2D eigenvalue weighted by molar-refractivity contribution is 0.281. The molecule has 0 aliphatic heterocycles.